The molecule has 0 aliphatic carbocycles. The van der Waals surface area contributed by atoms with Crippen molar-refractivity contribution in [3.63, 3.8) is 0 Å². The lowest BCUT2D eigenvalue weighted by atomic mass is 10.1. The fourth-order valence-corrected chi connectivity index (χ4v) is 1.90. The van der Waals surface area contributed by atoms with Crippen molar-refractivity contribution in [2.45, 2.75) is 6.54 Å². The van der Waals surface area contributed by atoms with Crippen molar-refractivity contribution in [3.8, 4) is 0 Å². The molecular formula is C14H12ClFN2O. The molecule has 98 valence electrons. The van der Waals surface area contributed by atoms with Crippen molar-refractivity contribution in [3.05, 3.63) is 64.4 Å². The molecule has 0 unspecified atom stereocenters. The first-order chi connectivity index (χ1) is 9.08. The molecule has 0 saturated heterocycles. The maximum Gasteiger partial charge on any atom is 0.249 e. The number of halogens is 2. The van der Waals surface area contributed by atoms with Gasteiger partial charge >= 0.3 is 0 Å². The van der Waals surface area contributed by atoms with Crippen LogP contribution in [-0.2, 0) is 6.54 Å². The van der Waals surface area contributed by atoms with Crippen molar-refractivity contribution < 1.29 is 9.18 Å². The summed E-state index contributed by atoms with van der Waals surface area (Å²) in [5.41, 5.74) is 7.20. The van der Waals surface area contributed by atoms with E-state index in [0.29, 0.717) is 17.8 Å². The topological polar surface area (TPSA) is 55.1 Å². The van der Waals surface area contributed by atoms with E-state index in [4.69, 9.17) is 17.3 Å². The average Bonchev–Trinajstić information content (AvgIpc) is 2.40. The van der Waals surface area contributed by atoms with Gasteiger partial charge in [-0.05, 0) is 29.8 Å². The number of primary amides is 1. The van der Waals surface area contributed by atoms with Crippen LogP contribution in [0, 0.1) is 5.82 Å². The third kappa shape index (κ3) is 3.23. The summed E-state index contributed by atoms with van der Waals surface area (Å²) in [6.45, 7) is 0.404. The van der Waals surface area contributed by atoms with E-state index in [1.165, 1.54) is 12.1 Å². The largest absolute Gasteiger partial charge is 0.381 e. The van der Waals surface area contributed by atoms with Gasteiger partial charge in [0.2, 0.25) is 5.91 Å². The zero-order valence-electron chi connectivity index (χ0n) is 9.99. The normalized spacial score (nSPS) is 10.2. The highest BCUT2D eigenvalue weighted by atomic mass is 35.5. The average molecular weight is 279 g/mol. The lowest BCUT2D eigenvalue weighted by Crippen LogP contribution is -2.15. The summed E-state index contributed by atoms with van der Waals surface area (Å²) in [7, 11) is 0. The third-order valence-electron chi connectivity index (χ3n) is 2.69. The Morgan fingerprint density at radius 2 is 2.00 bits per heavy atom. The Hall–Kier alpha value is -2.07. The number of hydrogen-bond donors (Lipinski definition) is 2. The number of nitrogens with two attached hydrogens (primary N) is 1. The molecule has 0 aliphatic heterocycles. The van der Waals surface area contributed by atoms with Gasteiger partial charge in [0.05, 0.1) is 5.02 Å². The van der Waals surface area contributed by atoms with E-state index in [2.05, 4.69) is 5.32 Å². The SMILES string of the molecule is NC(=O)c1ccccc1CNc1ccc(F)c(Cl)c1. The molecule has 0 atom stereocenters. The number of rotatable bonds is 4. The second-order valence-corrected chi connectivity index (χ2v) is 4.41. The first-order valence-corrected chi connectivity index (χ1v) is 6.02. The van der Waals surface area contributed by atoms with Crippen LogP contribution in [0.3, 0.4) is 0 Å². The number of nitrogens with one attached hydrogen (secondary N) is 1. The number of hydrogen-bond acceptors (Lipinski definition) is 2. The Labute approximate surface area is 115 Å². The van der Waals surface area contributed by atoms with Crippen LogP contribution < -0.4 is 11.1 Å². The third-order valence-corrected chi connectivity index (χ3v) is 2.98. The van der Waals surface area contributed by atoms with E-state index in [1.807, 2.05) is 6.07 Å². The maximum absolute atomic E-state index is 13.0. The summed E-state index contributed by atoms with van der Waals surface area (Å²) in [4.78, 5) is 11.3. The zero-order valence-corrected chi connectivity index (χ0v) is 10.7. The van der Waals surface area contributed by atoms with Crippen LogP contribution in [0.2, 0.25) is 5.02 Å². The smallest absolute Gasteiger partial charge is 0.249 e. The second-order valence-electron chi connectivity index (χ2n) is 4.00. The molecule has 0 saturated carbocycles. The summed E-state index contributed by atoms with van der Waals surface area (Å²) in [5.74, 6) is -0.945. The van der Waals surface area contributed by atoms with Crippen LogP contribution in [0.1, 0.15) is 15.9 Å². The fraction of sp³-hybridized carbons (Fsp3) is 0.0714. The van der Waals surface area contributed by atoms with Crippen molar-refractivity contribution in [2.24, 2.45) is 5.73 Å². The number of anilines is 1. The van der Waals surface area contributed by atoms with Gasteiger partial charge in [-0.15, -0.1) is 0 Å². The van der Waals surface area contributed by atoms with Gasteiger partial charge in [-0.3, -0.25) is 4.79 Å². The van der Waals surface area contributed by atoms with E-state index in [-0.39, 0.29) is 5.02 Å². The van der Waals surface area contributed by atoms with Gasteiger partial charge in [0, 0.05) is 17.8 Å². The summed E-state index contributed by atoms with van der Waals surface area (Å²) >= 11 is 5.69. The summed E-state index contributed by atoms with van der Waals surface area (Å²) in [6, 6.07) is 11.4. The number of carbonyl (C=O) groups is 1. The predicted octanol–water partition coefficient (Wildman–Crippen LogP) is 3.19. The predicted molar refractivity (Wildman–Crippen MR) is 73.7 cm³/mol. The maximum atomic E-state index is 13.0. The van der Waals surface area contributed by atoms with Crippen molar-refractivity contribution in [1.82, 2.24) is 0 Å². The van der Waals surface area contributed by atoms with Gasteiger partial charge in [-0.25, -0.2) is 4.39 Å². The number of benzene rings is 2. The Bertz CT molecular complexity index is 616. The second kappa shape index (κ2) is 5.71. The lowest BCUT2D eigenvalue weighted by Gasteiger charge is -2.10. The minimum atomic E-state index is -0.477. The molecule has 0 spiro atoms. The van der Waals surface area contributed by atoms with Crippen LogP contribution in [0.15, 0.2) is 42.5 Å². The first-order valence-electron chi connectivity index (χ1n) is 5.64. The molecule has 0 radical (unpaired) electrons. The Balaban J connectivity index is 2.14. The van der Waals surface area contributed by atoms with Crippen LogP contribution in [0.5, 0.6) is 0 Å². The van der Waals surface area contributed by atoms with Crippen LogP contribution in [-0.4, -0.2) is 5.91 Å². The van der Waals surface area contributed by atoms with E-state index in [0.717, 1.165) is 5.56 Å². The Morgan fingerprint density at radius 1 is 1.26 bits per heavy atom. The molecule has 1 amide bonds. The fourth-order valence-electron chi connectivity index (χ4n) is 1.72. The van der Waals surface area contributed by atoms with Crippen LogP contribution in [0.4, 0.5) is 10.1 Å². The number of amides is 1. The summed E-state index contributed by atoms with van der Waals surface area (Å²) < 4.78 is 13.0. The van der Waals surface area contributed by atoms with Gasteiger partial charge in [-0.1, -0.05) is 29.8 Å². The van der Waals surface area contributed by atoms with Gasteiger partial charge in [0.25, 0.3) is 0 Å². The van der Waals surface area contributed by atoms with Crippen molar-refractivity contribution >= 4 is 23.2 Å². The summed E-state index contributed by atoms with van der Waals surface area (Å²) in [5, 5.41) is 3.11. The Kier molecular flexibility index (Phi) is 4.02. The van der Waals surface area contributed by atoms with Gasteiger partial charge < -0.3 is 11.1 Å². The van der Waals surface area contributed by atoms with Gasteiger partial charge in [0.1, 0.15) is 5.82 Å². The molecule has 2 aromatic rings. The molecule has 0 bridgehead atoms. The molecule has 0 heterocycles. The monoisotopic (exact) mass is 278 g/mol. The zero-order chi connectivity index (χ0) is 13.8. The van der Waals surface area contributed by atoms with Crippen LogP contribution >= 0.6 is 11.6 Å². The first kappa shape index (κ1) is 13.4. The van der Waals surface area contributed by atoms with Gasteiger partial charge in [-0.2, -0.15) is 0 Å². The van der Waals surface area contributed by atoms with E-state index in [9.17, 15) is 9.18 Å². The van der Waals surface area contributed by atoms with Gasteiger partial charge in [0.15, 0.2) is 0 Å². The molecule has 3 N–H and O–H groups in total. The summed E-state index contributed by atoms with van der Waals surface area (Å²) in [6.07, 6.45) is 0. The molecule has 0 aliphatic rings. The minimum Gasteiger partial charge on any atom is -0.381 e. The molecule has 19 heavy (non-hydrogen) atoms. The molecule has 2 aromatic carbocycles. The van der Waals surface area contributed by atoms with E-state index >= 15 is 0 Å². The molecule has 0 aromatic heterocycles. The highest BCUT2D eigenvalue weighted by Gasteiger charge is 2.07. The molecule has 2 rings (SSSR count). The van der Waals surface area contributed by atoms with E-state index < -0.39 is 11.7 Å². The highest BCUT2D eigenvalue weighted by Crippen LogP contribution is 2.20. The molecule has 0 fully saturated rings. The lowest BCUT2D eigenvalue weighted by molar-refractivity contribution is 0.0999. The molecule has 5 heteroatoms. The minimum absolute atomic E-state index is 0.0492. The molecule has 3 nitrogen and oxygen atoms in total. The molecular weight excluding hydrogens is 267 g/mol. The standard InChI is InChI=1S/C14H12ClFN2O/c15-12-7-10(5-6-13(12)16)18-8-9-3-1-2-4-11(9)14(17)19/h1-7,18H,8H2,(H2,17,19). The van der Waals surface area contributed by atoms with E-state index in [1.54, 1.807) is 24.3 Å². The Morgan fingerprint density at radius 3 is 2.68 bits per heavy atom. The van der Waals surface area contributed by atoms with Crippen molar-refractivity contribution in [1.29, 1.82) is 0 Å². The quantitative estimate of drug-likeness (QED) is 0.902. The number of carbonyl (C=O) groups excluding carboxylic acids is 1. The highest BCUT2D eigenvalue weighted by molar-refractivity contribution is 6.31. The van der Waals surface area contributed by atoms with Crippen LogP contribution in [0.25, 0.3) is 0 Å². The van der Waals surface area contributed by atoms with Crippen molar-refractivity contribution in [2.75, 3.05) is 5.32 Å².